The van der Waals surface area contributed by atoms with Gasteiger partial charge < -0.3 is 10.4 Å². The molecule has 200 valence electrons. The summed E-state index contributed by atoms with van der Waals surface area (Å²) in [5.41, 5.74) is 3.80. The molecule has 0 bridgehead atoms. The van der Waals surface area contributed by atoms with Crippen LogP contribution in [0.4, 0.5) is 4.39 Å². The number of aliphatic hydroxyl groups excluding tert-OH is 1. The second kappa shape index (κ2) is 12.0. The zero-order valence-corrected chi connectivity index (χ0v) is 21.6. The van der Waals surface area contributed by atoms with Crippen molar-refractivity contribution in [2.24, 2.45) is 4.99 Å². The Hall–Kier alpha value is -3.36. The van der Waals surface area contributed by atoms with Gasteiger partial charge in [0.15, 0.2) is 5.78 Å². The molecule has 3 aliphatic rings. The van der Waals surface area contributed by atoms with Crippen LogP contribution in [0.2, 0.25) is 0 Å². The normalized spacial score (nSPS) is 21.3. The Labute approximate surface area is 223 Å². The molecule has 0 saturated carbocycles. The smallest absolute Gasteiger partial charge is 0.234 e. The summed E-state index contributed by atoms with van der Waals surface area (Å²) in [6.45, 7) is 5.11. The maximum absolute atomic E-state index is 13.2. The Morgan fingerprint density at radius 1 is 0.974 bits per heavy atom. The number of benzene rings is 2. The largest absolute Gasteiger partial charge is 0.511 e. The van der Waals surface area contributed by atoms with Crippen LogP contribution in [0.15, 0.2) is 64.9 Å². The molecular weight excluding hydrogens is 483 g/mol. The van der Waals surface area contributed by atoms with Crippen LogP contribution in [-0.2, 0) is 22.4 Å². The van der Waals surface area contributed by atoms with E-state index in [1.807, 2.05) is 0 Å². The summed E-state index contributed by atoms with van der Waals surface area (Å²) in [7, 11) is 0. The molecule has 1 aliphatic heterocycles. The van der Waals surface area contributed by atoms with Gasteiger partial charge in [-0.1, -0.05) is 36.4 Å². The minimum atomic E-state index is -0.318. The van der Waals surface area contributed by atoms with Gasteiger partial charge >= 0.3 is 0 Å². The number of Topliss-reactive ketones (excluding diaryl/α,β-unsaturated/α-hetero) is 1. The van der Waals surface area contributed by atoms with E-state index in [-0.39, 0.29) is 47.2 Å². The highest BCUT2D eigenvalue weighted by Gasteiger charge is 2.28. The average Bonchev–Trinajstić information content (AvgIpc) is 3.31. The minimum absolute atomic E-state index is 0.0488. The molecule has 2 aromatic carbocycles. The van der Waals surface area contributed by atoms with Crippen molar-refractivity contribution in [2.45, 2.75) is 37.6 Å². The molecule has 1 heterocycles. The zero-order valence-electron chi connectivity index (χ0n) is 21.6. The first-order valence-electron chi connectivity index (χ1n) is 13.5. The highest BCUT2D eigenvalue weighted by Crippen LogP contribution is 2.33. The van der Waals surface area contributed by atoms with Crippen LogP contribution in [0.25, 0.3) is 0 Å². The second-order valence-corrected chi connectivity index (χ2v) is 10.5. The van der Waals surface area contributed by atoms with Crippen LogP contribution in [0.3, 0.4) is 0 Å². The van der Waals surface area contributed by atoms with Gasteiger partial charge in [0.25, 0.3) is 0 Å². The van der Waals surface area contributed by atoms with Crippen LogP contribution in [0, 0.1) is 5.82 Å². The minimum Gasteiger partial charge on any atom is -0.511 e. The topological polar surface area (TPSA) is 85.2 Å². The summed E-state index contributed by atoms with van der Waals surface area (Å²) >= 11 is 0. The van der Waals surface area contributed by atoms with Crippen molar-refractivity contribution in [1.82, 2.24) is 15.1 Å². The third-order valence-corrected chi connectivity index (χ3v) is 7.84. The van der Waals surface area contributed by atoms with Crippen molar-refractivity contribution < 1.29 is 19.1 Å². The molecule has 2 aromatic rings. The first-order valence-corrected chi connectivity index (χ1v) is 13.5. The fourth-order valence-electron chi connectivity index (χ4n) is 5.69. The monoisotopic (exact) mass is 518 g/mol. The molecule has 1 saturated heterocycles. The zero-order chi connectivity index (χ0) is 26.5. The first-order chi connectivity index (χ1) is 18.4. The van der Waals surface area contributed by atoms with E-state index in [2.05, 4.69) is 44.4 Å². The van der Waals surface area contributed by atoms with Crippen molar-refractivity contribution in [2.75, 3.05) is 45.8 Å². The third-order valence-electron chi connectivity index (χ3n) is 7.84. The molecule has 1 amide bonds. The van der Waals surface area contributed by atoms with Gasteiger partial charge in [0.05, 0.1) is 18.7 Å². The van der Waals surface area contributed by atoms with Gasteiger partial charge in [-0.3, -0.25) is 24.4 Å². The Bertz CT molecular complexity index is 1190. The van der Waals surface area contributed by atoms with E-state index >= 15 is 0 Å². The number of hydrogen-bond donors (Lipinski definition) is 2. The summed E-state index contributed by atoms with van der Waals surface area (Å²) in [6, 6.07) is 14.7. The predicted octanol–water partition coefficient (Wildman–Crippen LogP) is 3.06. The van der Waals surface area contributed by atoms with Crippen LogP contribution < -0.4 is 5.32 Å². The lowest BCUT2D eigenvalue weighted by Gasteiger charge is -2.34. The number of hydrogen-bond acceptors (Lipinski definition) is 6. The van der Waals surface area contributed by atoms with Gasteiger partial charge in [0.1, 0.15) is 11.6 Å². The van der Waals surface area contributed by atoms with Crippen molar-refractivity contribution in [3.8, 4) is 0 Å². The van der Waals surface area contributed by atoms with Crippen LogP contribution in [0.1, 0.15) is 35.4 Å². The maximum atomic E-state index is 13.2. The molecule has 1 atom stereocenters. The fourth-order valence-corrected chi connectivity index (χ4v) is 5.69. The second-order valence-electron chi connectivity index (χ2n) is 10.5. The summed E-state index contributed by atoms with van der Waals surface area (Å²) in [6.07, 6.45) is 3.94. The summed E-state index contributed by atoms with van der Waals surface area (Å²) in [5, 5.41) is 13.7. The number of nitrogens with zero attached hydrogens (tertiary/aromatic N) is 3. The number of aliphatic hydroxyl groups is 1. The highest BCUT2D eigenvalue weighted by molar-refractivity contribution is 6.14. The Morgan fingerprint density at radius 2 is 1.63 bits per heavy atom. The van der Waals surface area contributed by atoms with Gasteiger partial charge in [-0.25, -0.2) is 4.39 Å². The Morgan fingerprint density at radius 3 is 2.29 bits per heavy atom. The maximum Gasteiger partial charge on any atom is 0.234 e. The van der Waals surface area contributed by atoms with E-state index in [1.165, 1.54) is 29.5 Å². The van der Waals surface area contributed by atoms with Crippen LogP contribution >= 0.6 is 0 Å². The van der Waals surface area contributed by atoms with Gasteiger partial charge in [0, 0.05) is 57.8 Å². The van der Waals surface area contributed by atoms with Crippen molar-refractivity contribution in [3.63, 3.8) is 0 Å². The van der Waals surface area contributed by atoms with Gasteiger partial charge in [-0.05, 0) is 47.6 Å². The summed E-state index contributed by atoms with van der Waals surface area (Å²) < 4.78 is 13.2. The number of rotatable bonds is 8. The molecule has 7 nitrogen and oxygen atoms in total. The van der Waals surface area contributed by atoms with Crippen LogP contribution in [0.5, 0.6) is 0 Å². The van der Waals surface area contributed by atoms with E-state index in [9.17, 15) is 19.1 Å². The first kappa shape index (κ1) is 26.3. The number of piperazine rings is 1. The highest BCUT2D eigenvalue weighted by atomic mass is 19.1. The third kappa shape index (κ3) is 6.55. The van der Waals surface area contributed by atoms with E-state index in [1.54, 1.807) is 12.1 Å². The molecule has 0 radical (unpaired) electrons. The van der Waals surface area contributed by atoms with E-state index in [4.69, 9.17) is 0 Å². The number of carbonyl (C=O) groups is 2. The SMILES string of the molecule is O=C(CN1CCN(CCN=CC2=C(O)CC(c3ccc(F)cc3)CC2=O)CC1)NC1Cc2ccccc2C1. The predicted molar refractivity (Wildman–Crippen MR) is 145 cm³/mol. The molecule has 1 unspecified atom stereocenters. The van der Waals surface area contributed by atoms with Crippen LogP contribution in [-0.4, -0.2) is 84.7 Å². The van der Waals surface area contributed by atoms with Crippen molar-refractivity contribution in [3.05, 3.63) is 82.4 Å². The molecule has 8 heteroatoms. The Kier molecular flexibility index (Phi) is 8.29. The van der Waals surface area contributed by atoms with Gasteiger partial charge in [-0.2, -0.15) is 0 Å². The van der Waals surface area contributed by atoms with E-state index in [0.29, 0.717) is 19.5 Å². The molecule has 0 spiro atoms. The van der Waals surface area contributed by atoms with Crippen molar-refractivity contribution in [1.29, 1.82) is 0 Å². The molecular formula is C30H35FN4O3. The lowest BCUT2D eigenvalue weighted by Crippen LogP contribution is -2.51. The lowest BCUT2D eigenvalue weighted by molar-refractivity contribution is -0.123. The summed E-state index contributed by atoms with van der Waals surface area (Å²) in [5.74, 6) is -0.463. The number of amides is 1. The molecule has 2 N–H and O–H groups in total. The number of nitrogens with one attached hydrogen (secondary N) is 1. The quantitative estimate of drug-likeness (QED) is 0.525. The molecule has 0 aromatic heterocycles. The van der Waals surface area contributed by atoms with Gasteiger partial charge in [0.2, 0.25) is 5.91 Å². The fraction of sp³-hybridized carbons (Fsp3) is 0.433. The van der Waals surface area contributed by atoms with Gasteiger partial charge in [-0.15, -0.1) is 0 Å². The number of aliphatic imine (C=N–C) groups is 1. The standard InChI is InChI=1S/C30H35FN4O3/c31-25-7-5-21(6-8-25)24-17-28(36)27(29(37)18-24)19-32-9-10-34-11-13-35(14-12-34)20-30(38)33-26-15-22-3-1-2-4-23(22)16-26/h1-8,19,24,26,36H,9-18,20H2,(H,33,38). The Balaban J connectivity index is 1.01. The molecule has 38 heavy (non-hydrogen) atoms. The number of halogens is 1. The number of fused-ring (bicyclic) bond motifs is 1. The number of ketones is 1. The molecule has 5 rings (SSSR count). The average molecular weight is 519 g/mol. The molecule has 2 aliphatic carbocycles. The summed E-state index contributed by atoms with van der Waals surface area (Å²) in [4.78, 5) is 34.1. The number of carbonyl (C=O) groups excluding carboxylic acids is 2. The van der Waals surface area contributed by atoms with E-state index < -0.39 is 0 Å². The van der Waals surface area contributed by atoms with E-state index in [0.717, 1.165) is 51.1 Å². The lowest BCUT2D eigenvalue weighted by atomic mass is 9.83. The number of allylic oxidation sites excluding steroid dienone is 2. The molecule has 1 fully saturated rings. The van der Waals surface area contributed by atoms with Crippen molar-refractivity contribution >= 4 is 17.9 Å².